The van der Waals surface area contributed by atoms with Gasteiger partial charge in [-0.3, -0.25) is 14.9 Å². The summed E-state index contributed by atoms with van der Waals surface area (Å²) in [7, 11) is 0. The van der Waals surface area contributed by atoms with Gasteiger partial charge >= 0.3 is 0 Å². The summed E-state index contributed by atoms with van der Waals surface area (Å²) in [5, 5.41) is 10.6. The Labute approximate surface area is 111 Å². The van der Waals surface area contributed by atoms with Crippen LogP contribution in [0.5, 0.6) is 0 Å². The topological polar surface area (TPSA) is 76.0 Å². The number of nitro benzene ring substituents is 1. The van der Waals surface area contributed by atoms with Gasteiger partial charge < -0.3 is 9.64 Å². The molecule has 0 radical (unpaired) electrons. The molecule has 0 unspecified atom stereocenters. The Hall–Kier alpha value is -1.95. The molecule has 1 saturated heterocycles. The minimum absolute atomic E-state index is 0.0200. The molecule has 1 amide bonds. The summed E-state index contributed by atoms with van der Waals surface area (Å²) in [6, 6.07) is 6.13. The predicted molar refractivity (Wildman–Crippen MR) is 68.6 cm³/mol. The number of nitrogens with zero attached hydrogens (tertiary/aromatic N) is 2. The van der Waals surface area contributed by atoms with Crippen LogP contribution in [0.2, 0.25) is 0 Å². The molecule has 6 nitrogen and oxygen atoms in total. The molecule has 1 aromatic rings. The number of benzene rings is 1. The van der Waals surface area contributed by atoms with Crippen LogP contribution in [0.3, 0.4) is 0 Å². The molecule has 1 heterocycles. The molecule has 1 aliphatic heterocycles. The Morgan fingerprint density at radius 2 is 1.89 bits per heavy atom. The predicted octanol–water partition coefficient (Wildman–Crippen LogP) is 1.90. The van der Waals surface area contributed by atoms with Gasteiger partial charge in [-0.25, -0.2) is 0 Å². The van der Waals surface area contributed by atoms with Crippen LogP contribution in [0, 0.1) is 10.1 Å². The van der Waals surface area contributed by atoms with Gasteiger partial charge in [0.2, 0.25) is 0 Å². The highest BCUT2D eigenvalue weighted by Gasteiger charge is 2.47. The lowest BCUT2D eigenvalue weighted by Gasteiger charge is -2.16. The van der Waals surface area contributed by atoms with Crippen molar-refractivity contribution < 1.29 is 14.5 Å². The van der Waals surface area contributed by atoms with Gasteiger partial charge in [-0.05, 0) is 31.5 Å². The molecule has 102 valence electrons. The van der Waals surface area contributed by atoms with Crippen molar-refractivity contribution in [2.24, 2.45) is 0 Å². The largest absolute Gasteiger partial charge is 0.354 e. The first-order valence-electron chi connectivity index (χ1n) is 6.27. The van der Waals surface area contributed by atoms with Crippen molar-refractivity contribution >= 4 is 11.6 Å². The third kappa shape index (κ3) is 2.73. The van der Waals surface area contributed by atoms with Gasteiger partial charge in [0.25, 0.3) is 11.6 Å². The third-order valence-corrected chi connectivity index (χ3v) is 3.24. The highest BCUT2D eigenvalue weighted by Crippen LogP contribution is 2.40. The monoisotopic (exact) mass is 264 g/mol. The summed E-state index contributed by atoms with van der Waals surface area (Å²) in [6.45, 7) is 5.15. The normalized spacial score (nSPS) is 20.9. The van der Waals surface area contributed by atoms with Crippen molar-refractivity contribution in [2.75, 3.05) is 13.1 Å². The van der Waals surface area contributed by atoms with E-state index in [1.807, 2.05) is 13.8 Å². The molecular weight excluding hydrogens is 248 g/mol. The summed E-state index contributed by atoms with van der Waals surface area (Å²) >= 11 is 0. The van der Waals surface area contributed by atoms with E-state index in [1.165, 1.54) is 12.1 Å². The molecule has 0 N–H and O–H groups in total. The van der Waals surface area contributed by atoms with Crippen molar-refractivity contribution in [1.82, 2.24) is 4.90 Å². The fourth-order valence-corrected chi connectivity index (χ4v) is 2.05. The van der Waals surface area contributed by atoms with Crippen LogP contribution < -0.4 is 0 Å². The van der Waals surface area contributed by atoms with Gasteiger partial charge in [0.15, 0.2) is 6.10 Å². The van der Waals surface area contributed by atoms with Crippen LogP contribution >= 0.6 is 0 Å². The number of hydrogen-bond acceptors (Lipinski definition) is 4. The number of epoxide rings is 1. The van der Waals surface area contributed by atoms with E-state index in [9.17, 15) is 14.9 Å². The number of carbonyl (C=O) groups is 1. The number of hydrogen-bond donors (Lipinski definition) is 0. The Bertz CT molecular complexity index is 482. The number of non-ortho nitro benzene ring substituents is 1. The highest BCUT2D eigenvalue weighted by atomic mass is 16.6. The lowest BCUT2D eigenvalue weighted by Crippen LogP contribution is -2.34. The number of likely N-dealkylation sites (N-methyl/N-ethyl adjacent to an activating group) is 1. The van der Waals surface area contributed by atoms with Gasteiger partial charge in [0, 0.05) is 25.2 Å². The van der Waals surface area contributed by atoms with Crippen LogP contribution in [-0.4, -0.2) is 34.9 Å². The molecule has 0 aromatic heterocycles. The maximum atomic E-state index is 12.0. The van der Waals surface area contributed by atoms with Gasteiger partial charge in [0.05, 0.1) is 4.92 Å². The van der Waals surface area contributed by atoms with E-state index in [-0.39, 0.29) is 17.7 Å². The molecule has 2 atom stereocenters. The van der Waals surface area contributed by atoms with Crippen molar-refractivity contribution in [3.05, 3.63) is 39.9 Å². The number of nitro groups is 1. The number of rotatable bonds is 5. The minimum Gasteiger partial charge on any atom is -0.354 e. The molecule has 1 aromatic carbocycles. The Morgan fingerprint density at radius 3 is 2.37 bits per heavy atom. The lowest BCUT2D eigenvalue weighted by atomic mass is 10.1. The Kier molecular flexibility index (Phi) is 3.80. The fourth-order valence-electron chi connectivity index (χ4n) is 2.05. The molecule has 0 saturated carbocycles. The smallest absolute Gasteiger partial charge is 0.269 e. The third-order valence-electron chi connectivity index (χ3n) is 3.24. The van der Waals surface area contributed by atoms with Gasteiger partial charge in [-0.15, -0.1) is 0 Å². The van der Waals surface area contributed by atoms with E-state index in [1.54, 1.807) is 17.0 Å². The van der Waals surface area contributed by atoms with Crippen molar-refractivity contribution in [1.29, 1.82) is 0 Å². The summed E-state index contributed by atoms with van der Waals surface area (Å²) < 4.78 is 5.39. The zero-order valence-corrected chi connectivity index (χ0v) is 10.9. The van der Waals surface area contributed by atoms with Crippen LogP contribution in [-0.2, 0) is 9.53 Å². The van der Waals surface area contributed by atoms with Crippen molar-refractivity contribution in [2.45, 2.75) is 26.1 Å². The molecule has 0 spiro atoms. The van der Waals surface area contributed by atoms with Crippen LogP contribution in [0.15, 0.2) is 24.3 Å². The van der Waals surface area contributed by atoms with Crippen molar-refractivity contribution in [3.8, 4) is 0 Å². The number of carbonyl (C=O) groups excluding carboxylic acids is 1. The first kappa shape index (κ1) is 13.5. The minimum atomic E-state index is -0.448. The SMILES string of the molecule is CCN(CC)C(=O)[C@H]1O[C@@H]1c1ccc([N+](=O)[O-])cc1. The van der Waals surface area contributed by atoms with Gasteiger partial charge in [0.1, 0.15) is 6.10 Å². The average molecular weight is 264 g/mol. The lowest BCUT2D eigenvalue weighted by molar-refractivity contribution is -0.384. The zero-order valence-electron chi connectivity index (χ0n) is 10.9. The van der Waals surface area contributed by atoms with E-state index in [2.05, 4.69) is 0 Å². The first-order valence-corrected chi connectivity index (χ1v) is 6.27. The number of amides is 1. The molecular formula is C13H16N2O4. The first-order chi connectivity index (χ1) is 9.08. The van der Waals surface area contributed by atoms with Crippen molar-refractivity contribution in [3.63, 3.8) is 0 Å². The maximum absolute atomic E-state index is 12.0. The highest BCUT2D eigenvalue weighted by molar-refractivity contribution is 5.84. The quantitative estimate of drug-likeness (QED) is 0.462. The van der Waals surface area contributed by atoms with Crippen LogP contribution in [0.1, 0.15) is 25.5 Å². The molecule has 1 aliphatic rings. The van der Waals surface area contributed by atoms with Crippen LogP contribution in [0.25, 0.3) is 0 Å². The van der Waals surface area contributed by atoms with Crippen LogP contribution in [0.4, 0.5) is 5.69 Å². The Balaban J connectivity index is 2.02. The summed E-state index contributed by atoms with van der Waals surface area (Å²) in [5.74, 6) is -0.0200. The molecule has 0 aliphatic carbocycles. The average Bonchev–Trinajstić information content (AvgIpc) is 3.20. The second-order valence-electron chi connectivity index (χ2n) is 4.34. The van der Waals surface area contributed by atoms with Gasteiger partial charge in [-0.2, -0.15) is 0 Å². The summed E-state index contributed by atoms with van der Waals surface area (Å²) in [6.07, 6.45) is -0.713. The molecule has 19 heavy (non-hydrogen) atoms. The zero-order chi connectivity index (χ0) is 14.0. The van der Waals surface area contributed by atoms with E-state index < -0.39 is 11.0 Å². The second-order valence-corrected chi connectivity index (χ2v) is 4.34. The molecule has 0 bridgehead atoms. The summed E-state index contributed by atoms with van der Waals surface area (Å²) in [4.78, 5) is 23.8. The van der Waals surface area contributed by atoms with E-state index >= 15 is 0 Å². The molecule has 1 fully saturated rings. The fraction of sp³-hybridized carbons (Fsp3) is 0.462. The van der Waals surface area contributed by atoms with E-state index in [4.69, 9.17) is 4.74 Å². The molecule has 6 heteroatoms. The maximum Gasteiger partial charge on any atom is 0.269 e. The van der Waals surface area contributed by atoms with E-state index in [0.29, 0.717) is 13.1 Å². The second kappa shape index (κ2) is 5.36. The standard InChI is InChI=1S/C13H16N2O4/c1-3-14(4-2)13(16)12-11(19-12)9-5-7-10(8-6-9)15(17)18/h5-8,11-12H,3-4H2,1-2H3/t11-,12+/m1/s1. The van der Waals surface area contributed by atoms with Gasteiger partial charge in [-0.1, -0.05) is 0 Å². The number of ether oxygens (including phenoxy) is 1. The van der Waals surface area contributed by atoms with E-state index in [0.717, 1.165) is 5.56 Å². The molecule has 2 rings (SSSR count). The Morgan fingerprint density at radius 1 is 1.32 bits per heavy atom. The summed E-state index contributed by atoms with van der Waals surface area (Å²) in [5.41, 5.74) is 0.840.